The molecule has 40 heavy (non-hydrogen) atoms. The molecule has 0 aliphatic carbocycles. The van der Waals surface area contributed by atoms with Crippen LogP contribution in [0, 0.1) is 0 Å². The average Bonchev–Trinajstić information content (AvgIpc) is 3.22. The molecule has 0 unspecified atom stereocenters. The topological polar surface area (TPSA) is 112 Å². The third kappa shape index (κ3) is 5.62. The second-order valence-electron chi connectivity index (χ2n) is 9.37. The molecule has 2 aliphatic rings. The predicted molar refractivity (Wildman–Crippen MR) is 146 cm³/mol. The van der Waals surface area contributed by atoms with Gasteiger partial charge in [0.05, 0.1) is 31.5 Å². The molecule has 0 saturated carbocycles. The van der Waals surface area contributed by atoms with Gasteiger partial charge in [-0.2, -0.15) is 0 Å². The molecule has 0 bridgehead atoms. The van der Waals surface area contributed by atoms with Gasteiger partial charge in [-0.15, -0.1) is 0 Å². The highest BCUT2D eigenvalue weighted by molar-refractivity contribution is 7.99. The van der Waals surface area contributed by atoms with Crippen molar-refractivity contribution in [3.05, 3.63) is 95.6 Å². The van der Waals surface area contributed by atoms with Crippen LogP contribution in [0.5, 0.6) is 5.75 Å². The lowest BCUT2D eigenvalue weighted by Gasteiger charge is -2.47. The van der Waals surface area contributed by atoms with Crippen molar-refractivity contribution in [3.8, 4) is 5.75 Å². The summed E-state index contributed by atoms with van der Waals surface area (Å²) in [5, 5.41) is 10.3. The largest absolute Gasteiger partial charge is 0.497 e. The Morgan fingerprint density at radius 1 is 0.925 bits per heavy atom. The minimum atomic E-state index is -1.12. The van der Waals surface area contributed by atoms with E-state index in [1.54, 1.807) is 43.5 Å². The van der Waals surface area contributed by atoms with Gasteiger partial charge in [0, 0.05) is 11.8 Å². The summed E-state index contributed by atoms with van der Waals surface area (Å²) in [6.07, 6.45) is -3.02. The Hall–Kier alpha value is -3.70. The number of benzene rings is 3. The zero-order chi connectivity index (χ0) is 28.2. The van der Waals surface area contributed by atoms with E-state index in [-0.39, 0.29) is 17.7 Å². The smallest absolute Gasteiger partial charge is 0.303 e. The van der Waals surface area contributed by atoms with Crippen molar-refractivity contribution in [1.29, 1.82) is 0 Å². The monoisotopic (exact) mass is 563 g/mol. The number of thioether (sulfide) groups is 1. The fourth-order valence-corrected chi connectivity index (χ4v) is 6.16. The van der Waals surface area contributed by atoms with Gasteiger partial charge >= 0.3 is 5.97 Å². The third-order valence-electron chi connectivity index (χ3n) is 6.82. The molecule has 9 nitrogen and oxygen atoms in total. The molecule has 0 spiro atoms. The van der Waals surface area contributed by atoms with Crippen LogP contribution in [0.1, 0.15) is 33.2 Å². The number of nitrogens with zero attached hydrogens (tertiary/aromatic N) is 1. The quantitative estimate of drug-likeness (QED) is 0.308. The van der Waals surface area contributed by atoms with E-state index in [2.05, 4.69) is 0 Å². The summed E-state index contributed by atoms with van der Waals surface area (Å²) in [7, 11) is 1.57. The summed E-state index contributed by atoms with van der Waals surface area (Å²) in [4.78, 5) is 41.6. The molecule has 5 rings (SSSR count). The molecule has 0 radical (unpaired) electrons. The first kappa shape index (κ1) is 27.9. The summed E-state index contributed by atoms with van der Waals surface area (Å²) < 4.78 is 23.6. The maximum atomic E-state index is 13.6. The Morgan fingerprint density at radius 2 is 1.55 bits per heavy atom. The number of carbonyl (C=O) groups is 3. The number of fused-ring (bicyclic) bond motifs is 1. The first-order valence-electron chi connectivity index (χ1n) is 12.8. The molecular weight excluding hydrogens is 534 g/mol. The van der Waals surface area contributed by atoms with Crippen LogP contribution in [-0.4, -0.2) is 71.3 Å². The zero-order valence-corrected chi connectivity index (χ0v) is 22.8. The van der Waals surface area contributed by atoms with Gasteiger partial charge in [0.25, 0.3) is 11.8 Å². The first-order chi connectivity index (χ1) is 19.4. The van der Waals surface area contributed by atoms with E-state index in [9.17, 15) is 19.5 Å². The normalized spacial score (nSPS) is 24.1. The van der Waals surface area contributed by atoms with Crippen LogP contribution < -0.4 is 4.74 Å². The number of esters is 1. The van der Waals surface area contributed by atoms with E-state index in [1.165, 1.54) is 18.7 Å². The fourth-order valence-electron chi connectivity index (χ4n) is 4.96. The van der Waals surface area contributed by atoms with E-state index in [4.69, 9.17) is 18.9 Å². The van der Waals surface area contributed by atoms with Crippen LogP contribution in [0.15, 0.2) is 83.8 Å². The molecule has 0 aromatic heterocycles. The molecule has 3 aromatic carbocycles. The van der Waals surface area contributed by atoms with E-state index >= 15 is 0 Å². The van der Waals surface area contributed by atoms with Gasteiger partial charge in [0.2, 0.25) is 0 Å². The first-order valence-corrected chi connectivity index (χ1v) is 13.7. The molecule has 2 aliphatic heterocycles. The Labute approximate surface area is 236 Å². The second kappa shape index (κ2) is 12.2. The number of imide groups is 1. The molecule has 2 amide bonds. The SMILES string of the molecule is COc1ccc(CO[C@H]2[C@H](OC(C)=O)[C@@H](N3C(=O)c4ccccc4C3=O)[C@H](Sc3ccccc3)O[C@@H]2CO)cc1. The molecule has 1 saturated heterocycles. The summed E-state index contributed by atoms with van der Waals surface area (Å²) in [5.41, 5.74) is 0.458. The predicted octanol–water partition coefficient (Wildman–Crippen LogP) is 3.69. The van der Waals surface area contributed by atoms with Crippen LogP contribution in [0.2, 0.25) is 0 Å². The van der Waals surface area contributed by atoms with Crippen molar-refractivity contribution < 1.29 is 38.4 Å². The van der Waals surface area contributed by atoms with Gasteiger partial charge in [0.15, 0.2) is 6.10 Å². The van der Waals surface area contributed by atoms with Crippen molar-refractivity contribution >= 4 is 29.5 Å². The molecule has 2 heterocycles. The highest BCUT2D eigenvalue weighted by Crippen LogP contribution is 2.41. The molecule has 10 heteroatoms. The molecule has 5 atom stereocenters. The average molecular weight is 564 g/mol. The molecular formula is C30H29NO8S. The number of carbonyl (C=O) groups excluding carboxylic acids is 3. The van der Waals surface area contributed by atoms with Crippen molar-refractivity contribution in [2.75, 3.05) is 13.7 Å². The lowest BCUT2D eigenvalue weighted by Crippen LogP contribution is -2.66. The van der Waals surface area contributed by atoms with Crippen LogP contribution in [-0.2, 0) is 25.6 Å². The summed E-state index contributed by atoms with van der Waals surface area (Å²) in [5.74, 6) is -0.961. The number of ether oxygens (including phenoxy) is 4. The second-order valence-corrected chi connectivity index (χ2v) is 10.5. The van der Waals surface area contributed by atoms with E-state index in [0.717, 1.165) is 15.4 Å². The minimum Gasteiger partial charge on any atom is -0.497 e. The zero-order valence-electron chi connectivity index (χ0n) is 22.0. The summed E-state index contributed by atoms with van der Waals surface area (Å²) in [6.45, 7) is 0.909. The lowest BCUT2D eigenvalue weighted by atomic mass is 9.96. The standard InChI is InChI=1S/C30H29NO8S/c1-18(33)38-27-25(31-28(34)22-10-6-7-11-23(22)29(31)35)30(40-21-8-4-3-5-9-21)39-24(16-32)26(27)37-17-19-12-14-20(36-2)15-13-19/h3-15,24-27,30,32H,16-17H2,1-2H3/t24-,25-,26-,27-,30+/m1/s1. The Balaban J connectivity index is 1.53. The number of aliphatic hydroxyl groups excluding tert-OH is 1. The number of amides is 2. The number of methoxy groups -OCH3 is 1. The van der Waals surface area contributed by atoms with Crippen molar-refractivity contribution in [2.45, 2.75) is 48.2 Å². The summed E-state index contributed by atoms with van der Waals surface area (Å²) in [6, 6.07) is 22.1. The Bertz CT molecular complexity index is 1330. The van der Waals surface area contributed by atoms with Gasteiger partial charge in [-0.25, -0.2) is 0 Å². The highest BCUT2D eigenvalue weighted by Gasteiger charge is 2.55. The van der Waals surface area contributed by atoms with Gasteiger partial charge < -0.3 is 24.1 Å². The number of rotatable bonds is 9. The van der Waals surface area contributed by atoms with Crippen LogP contribution in [0.4, 0.5) is 0 Å². The number of hydrogen-bond donors (Lipinski definition) is 1. The maximum Gasteiger partial charge on any atom is 0.303 e. The molecule has 3 aromatic rings. The number of aliphatic hydroxyl groups is 1. The third-order valence-corrected chi connectivity index (χ3v) is 7.98. The van der Waals surface area contributed by atoms with Crippen molar-refractivity contribution in [3.63, 3.8) is 0 Å². The molecule has 1 fully saturated rings. The van der Waals surface area contributed by atoms with Crippen LogP contribution in [0.3, 0.4) is 0 Å². The van der Waals surface area contributed by atoms with E-state index in [1.807, 2.05) is 42.5 Å². The Kier molecular flexibility index (Phi) is 8.51. The maximum absolute atomic E-state index is 13.6. The molecule has 1 N–H and O–H groups in total. The van der Waals surface area contributed by atoms with Crippen molar-refractivity contribution in [2.24, 2.45) is 0 Å². The van der Waals surface area contributed by atoms with Gasteiger partial charge in [-0.05, 0) is 42.0 Å². The van der Waals surface area contributed by atoms with Gasteiger partial charge in [-0.1, -0.05) is 54.2 Å². The van der Waals surface area contributed by atoms with Crippen molar-refractivity contribution in [1.82, 2.24) is 4.90 Å². The summed E-state index contributed by atoms with van der Waals surface area (Å²) >= 11 is 1.27. The van der Waals surface area contributed by atoms with E-state index < -0.39 is 54.2 Å². The van der Waals surface area contributed by atoms with Crippen LogP contribution >= 0.6 is 11.8 Å². The lowest BCUT2D eigenvalue weighted by molar-refractivity contribution is -0.216. The van der Waals surface area contributed by atoms with E-state index in [0.29, 0.717) is 5.75 Å². The number of hydrogen-bond acceptors (Lipinski definition) is 9. The minimum absolute atomic E-state index is 0.0949. The Morgan fingerprint density at radius 3 is 2.12 bits per heavy atom. The fraction of sp³-hybridized carbons (Fsp3) is 0.300. The van der Waals surface area contributed by atoms with Gasteiger partial charge in [-0.3, -0.25) is 19.3 Å². The molecule has 208 valence electrons. The van der Waals surface area contributed by atoms with Crippen LogP contribution in [0.25, 0.3) is 0 Å². The van der Waals surface area contributed by atoms with Gasteiger partial charge in [0.1, 0.15) is 29.4 Å². The highest BCUT2D eigenvalue weighted by atomic mass is 32.2.